The van der Waals surface area contributed by atoms with Crippen molar-refractivity contribution in [3.05, 3.63) is 35.0 Å². The van der Waals surface area contributed by atoms with Gasteiger partial charge < -0.3 is 4.74 Å². The lowest BCUT2D eigenvalue weighted by atomic mass is 9.92. The molecule has 1 fully saturated rings. The quantitative estimate of drug-likeness (QED) is 0.836. The molecule has 140 valence electrons. The van der Waals surface area contributed by atoms with Crippen LogP contribution in [0, 0.1) is 11.8 Å². The van der Waals surface area contributed by atoms with Crippen molar-refractivity contribution < 1.29 is 9.53 Å². The standard InChI is InChI=1S/C19H26N4O2S/c1-4-25-17-6-5-15(8-20-17)18(24)22-19-21-16(12-26-19)11-23-9-13(2)7-14(3)10-23/h5-6,8,12-14H,4,7,9-11H2,1-3H3,(H,21,22,24)/t13-,14-/m1/s1. The van der Waals surface area contributed by atoms with E-state index in [1.165, 1.54) is 24.0 Å². The molecule has 1 aliphatic rings. The fourth-order valence-corrected chi connectivity index (χ4v) is 4.20. The molecule has 0 unspecified atom stereocenters. The van der Waals surface area contributed by atoms with Crippen LogP contribution < -0.4 is 10.1 Å². The molecule has 26 heavy (non-hydrogen) atoms. The fourth-order valence-electron chi connectivity index (χ4n) is 3.50. The molecule has 2 aromatic rings. The zero-order valence-electron chi connectivity index (χ0n) is 15.6. The highest BCUT2D eigenvalue weighted by Crippen LogP contribution is 2.24. The molecule has 2 atom stereocenters. The van der Waals surface area contributed by atoms with Crippen molar-refractivity contribution in [2.24, 2.45) is 11.8 Å². The number of carbonyl (C=O) groups excluding carboxylic acids is 1. The lowest BCUT2D eigenvalue weighted by Gasteiger charge is -2.34. The molecular formula is C19H26N4O2S. The van der Waals surface area contributed by atoms with E-state index in [-0.39, 0.29) is 5.91 Å². The summed E-state index contributed by atoms with van der Waals surface area (Å²) in [5.74, 6) is 1.76. The zero-order chi connectivity index (χ0) is 18.5. The van der Waals surface area contributed by atoms with Crippen LogP contribution in [-0.2, 0) is 6.54 Å². The number of nitrogens with one attached hydrogen (secondary N) is 1. The summed E-state index contributed by atoms with van der Waals surface area (Å²) in [7, 11) is 0. The Bertz CT molecular complexity index is 721. The second kappa shape index (κ2) is 8.60. The Kier molecular flexibility index (Phi) is 6.21. The summed E-state index contributed by atoms with van der Waals surface area (Å²) in [6.07, 6.45) is 2.82. The van der Waals surface area contributed by atoms with E-state index in [4.69, 9.17) is 4.74 Å². The lowest BCUT2D eigenvalue weighted by molar-refractivity contribution is 0.102. The highest BCUT2D eigenvalue weighted by Gasteiger charge is 2.22. The first-order chi connectivity index (χ1) is 12.5. The van der Waals surface area contributed by atoms with E-state index in [1.807, 2.05) is 12.3 Å². The van der Waals surface area contributed by atoms with Crippen LogP contribution in [0.4, 0.5) is 5.13 Å². The average molecular weight is 375 g/mol. The third kappa shape index (κ3) is 5.02. The van der Waals surface area contributed by atoms with Crippen LogP contribution in [0.15, 0.2) is 23.7 Å². The molecule has 0 saturated carbocycles. The maximum Gasteiger partial charge on any atom is 0.259 e. The molecule has 3 heterocycles. The summed E-state index contributed by atoms with van der Waals surface area (Å²) in [6.45, 7) is 10.1. The number of ether oxygens (including phenoxy) is 1. The molecule has 3 rings (SSSR count). The number of anilines is 1. The number of carbonyl (C=O) groups is 1. The number of pyridine rings is 1. The molecule has 0 bridgehead atoms. The number of rotatable bonds is 6. The maximum atomic E-state index is 12.3. The number of amides is 1. The van der Waals surface area contributed by atoms with Gasteiger partial charge >= 0.3 is 0 Å². The molecule has 0 spiro atoms. The first-order valence-corrected chi connectivity index (χ1v) is 9.98. The third-order valence-electron chi connectivity index (χ3n) is 4.39. The summed E-state index contributed by atoms with van der Waals surface area (Å²) in [5.41, 5.74) is 1.50. The van der Waals surface area contributed by atoms with Gasteiger partial charge in [0.2, 0.25) is 5.88 Å². The smallest absolute Gasteiger partial charge is 0.259 e. The molecule has 1 N–H and O–H groups in total. The van der Waals surface area contributed by atoms with Gasteiger partial charge in [-0.1, -0.05) is 13.8 Å². The minimum atomic E-state index is -0.207. The number of nitrogens with zero attached hydrogens (tertiary/aromatic N) is 3. The monoisotopic (exact) mass is 374 g/mol. The Hall–Kier alpha value is -1.99. The highest BCUT2D eigenvalue weighted by molar-refractivity contribution is 7.13. The van der Waals surface area contributed by atoms with Crippen LogP contribution >= 0.6 is 11.3 Å². The van der Waals surface area contributed by atoms with Gasteiger partial charge in [-0.15, -0.1) is 11.3 Å². The lowest BCUT2D eigenvalue weighted by Crippen LogP contribution is -2.38. The second-order valence-electron chi connectivity index (χ2n) is 7.06. The molecule has 1 saturated heterocycles. The van der Waals surface area contributed by atoms with Crippen molar-refractivity contribution in [2.75, 3.05) is 25.0 Å². The molecule has 1 aliphatic heterocycles. The van der Waals surface area contributed by atoms with E-state index in [1.54, 1.807) is 12.1 Å². The van der Waals surface area contributed by atoms with Gasteiger partial charge in [-0.25, -0.2) is 9.97 Å². The van der Waals surface area contributed by atoms with Gasteiger partial charge in [0, 0.05) is 37.3 Å². The van der Waals surface area contributed by atoms with Crippen molar-refractivity contribution in [3.63, 3.8) is 0 Å². The van der Waals surface area contributed by atoms with Gasteiger partial charge in [0.05, 0.1) is 17.9 Å². The highest BCUT2D eigenvalue weighted by atomic mass is 32.1. The Labute approximate surface area is 158 Å². The van der Waals surface area contributed by atoms with Gasteiger partial charge in [0.15, 0.2) is 5.13 Å². The van der Waals surface area contributed by atoms with E-state index >= 15 is 0 Å². The normalized spacial score (nSPS) is 20.7. The van der Waals surface area contributed by atoms with E-state index < -0.39 is 0 Å². The summed E-state index contributed by atoms with van der Waals surface area (Å²) in [5, 5.41) is 5.50. The minimum Gasteiger partial charge on any atom is -0.478 e. The third-order valence-corrected chi connectivity index (χ3v) is 5.20. The molecule has 0 aliphatic carbocycles. The first-order valence-electron chi connectivity index (χ1n) is 9.10. The van der Waals surface area contributed by atoms with Gasteiger partial charge in [-0.3, -0.25) is 15.0 Å². The van der Waals surface area contributed by atoms with Crippen LogP contribution in [-0.4, -0.2) is 40.5 Å². The molecule has 0 aromatic carbocycles. The second-order valence-corrected chi connectivity index (χ2v) is 7.91. The van der Waals surface area contributed by atoms with Crippen LogP contribution in [0.25, 0.3) is 0 Å². The van der Waals surface area contributed by atoms with E-state index in [0.29, 0.717) is 23.2 Å². The number of likely N-dealkylation sites (tertiary alicyclic amines) is 1. The van der Waals surface area contributed by atoms with Crippen LogP contribution in [0.3, 0.4) is 0 Å². The summed E-state index contributed by atoms with van der Waals surface area (Å²) in [6, 6.07) is 3.41. The minimum absolute atomic E-state index is 0.207. The molecule has 0 radical (unpaired) electrons. The number of hydrogen-bond acceptors (Lipinski definition) is 6. The summed E-state index contributed by atoms with van der Waals surface area (Å²) in [4.78, 5) is 23.5. The maximum absolute atomic E-state index is 12.3. The zero-order valence-corrected chi connectivity index (χ0v) is 16.4. The number of aromatic nitrogens is 2. The topological polar surface area (TPSA) is 67.3 Å². The summed E-state index contributed by atoms with van der Waals surface area (Å²) >= 11 is 1.46. The molecule has 6 nitrogen and oxygen atoms in total. The SMILES string of the molecule is CCOc1ccc(C(=O)Nc2nc(CN3C[C@H](C)C[C@@H](C)C3)cs2)cn1. The van der Waals surface area contributed by atoms with E-state index in [9.17, 15) is 4.79 Å². The Morgan fingerprint density at radius 2 is 2.12 bits per heavy atom. The fraction of sp³-hybridized carbons (Fsp3) is 0.526. The average Bonchev–Trinajstić information content (AvgIpc) is 3.01. The van der Waals surface area contributed by atoms with Crippen molar-refractivity contribution >= 4 is 22.4 Å². The van der Waals surface area contributed by atoms with Crippen molar-refractivity contribution in [1.29, 1.82) is 0 Å². The Balaban J connectivity index is 1.56. The Morgan fingerprint density at radius 3 is 2.77 bits per heavy atom. The molecule has 1 amide bonds. The molecule has 7 heteroatoms. The number of thiazole rings is 1. The van der Waals surface area contributed by atoms with Crippen molar-refractivity contribution in [1.82, 2.24) is 14.9 Å². The molecule has 2 aromatic heterocycles. The van der Waals surface area contributed by atoms with Crippen LogP contribution in [0.5, 0.6) is 5.88 Å². The van der Waals surface area contributed by atoms with Crippen LogP contribution in [0.2, 0.25) is 0 Å². The van der Waals surface area contributed by atoms with Crippen LogP contribution in [0.1, 0.15) is 43.2 Å². The number of hydrogen-bond donors (Lipinski definition) is 1. The predicted octanol–water partition coefficient (Wildman–Crippen LogP) is 3.67. The number of piperidine rings is 1. The van der Waals surface area contributed by atoms with Gasteiger partial charge in [0.25, 0.3) is 5.91 Å². The Morgan fingerprint density at radius 1 is 1.35 bits per heavy atom. The van der Waals surface area contributed by atoms with E-state index in [0.717, 1.165) is 37.2 Å². The van der Waals surface area contributed by atoms with Gasteiger partial charge in [-0.05, 0) is 31.2 Å². The van der Waals surface area contributed by atoms with Gasteiger partial charge in [-0.2, -0.15) is 0 Å². The van der Waals surface area contributed by atoms with Gasteiger partial charge in [0.1, 0.15) is 0 Å². The summed E-state index contributed by atoms with van der Waals surface area (Å²) < 4.78 is 5.29. The molecular weight excluding hydrogens is 348 g/mol. The van der Waals surface area contributed by atoms with E-state index in [2.05, 4.69) is 34.0 Å². The first kappa shape index (κ1) is 18.8. The predicted molar refractivity (Wildman–Crippen MR) is 104 cm³/mol. The largest absolute Gasteiger partial charge is 0.478 e. The van der Waals surface area contributed by atoms with Crippen molar-refractivity contribution in [2.45, 2.75) is 33.7 Å². The van der Waals surface area contributed by atoms with Crippen molar-refractivity contribution in [3.8, 4) is 5.88 Å².